The van der Waals surface area contributed by atoms with Crippen LogP contribution in [0.2, 0.25) is 0 Å². The Kier molecular flexibility index (Phi) is 9.90. The highest BCUT2D eigenvalue weighted by molar-refractivity contribution is 5.28. The molecule has 2 aromatic carbocycles. The molecule has 0 radical (unpaired) electrons. The predicted octanol–water partition coefficient (Wildman–Crippen LogP) is 4.46. The van der Waals surface area contributed by atoms with Crippen LogP contribution in [0.5, 0.6) is 5.75 Å². The van der Waals surface area contributed by atoms with E-state index in [4.69, 9.17) is 14.3 Å². The number of carbonyl (C=O) groups excluding carboxylic acids is 2. The van der Waals surface area contributed by atoms with Crippen LogP contribution in [0.15, 0.2) is 54.6 Å². The van der Waals surface area contributed by atoms with E-state index in [9.17, 15) is 0 Å². The Morgan fingerprint density at radius 1 is 0.783 bits per heavy atom. The van der Waals surface area contributed by atoms with Crippen LogP contribution in [-0.4, -0.2) is 13.3 Å². The normalized spacial score (nSPS) is 9.43. The highest BCUT2D eigenvalue weighted by atomic mass is 16.5. The molecule has 0 heterocycles. The van der Waals surface area contributed by atoms with Crippen molar-refractivity contribution in [2.24, 2.45) is 0 Å². The van der Waals surface area contributed by atoms with Crippen molar-refractivity contribution in [2.45, 2.75) is 38.5 Å². The number of hydrogen-bond acceptors (Lipinski definition) is 3. The van der Waals surface area contributed by atoms with Crippen LogP contribution < -0.4 is 4.74 Å². The average molecular weight is 312 g/mol. The van der Waals surface area contributed by atoms with Crippen LogP contribution in [0.25, 0.3) is 0 Å². The molecule has 122 valence electrons. The van der Waals surface area contributed by atoms with Gasteiger partial charge in [0.1, 0.15) is 5.75 Å². The molecular weight excluding hydrogens is 288 g/mol. The van der Waals surface area contributed by atoms with Crippen LogP contribution in [-0.2, 0) is 22.4 Å². The van der Waals surface area contributed by atoms with Crippen LogP contribution >= 0.6 is 0 Å². The van der Waals surface area contributed by atoms with Gasteiger partial charge in [-0.25, -0.2) is 0 Å². The molecule has 0 saturated heterocycles. The molecule has 0 atom stereocenters. The first-order chi connectivity index (χ1) is 11.3. The molecular formula is C20H24O3. The molecule has 23 heavy (non-hydrogen) atoms. The van der Waals surface area contributed by atoms with E-state index in [-0.39, 0.29) is 6.15 Å². The molecule has 0 fully saturated rings. The van der Waals surface area contributed by atoms with Gasteiger partial charge >= 0.3 is 6.15 Å². The van der Waals surface area contributed by atoms with Gasteiger partial charge in [-0.3, -0.25) is 0 Å². The van der Waals surface area contributed by atoms with Gasteiger partial charge in [-0.05, 0) is 48.9 Å². The lowest BCUT2D eigenvalue weighted by molar-refractivity contribution is -0.191. The maximum Gasteiger partial charge on any atom is 0.373 e. The van der Waals surface area contributed by atoms with E-state index in [0.29, 0.717) is 0 Å². The van der Waals surface area contributed by atoms with E-state index in [0.717, 1.165) is 12.2 Å². The third-order valence-corrected chi connectivity index (χ3v) is 3.66. The SMILES string of the molecule is COc1cccc(CCCCCCc2ccccc2)c1.O=C=O. The molecule has 2 aromatic rings. The van der Waals surface area contributed by atoms with Crippen molar-refractivity contribution in [1.82, 2.24) is 0 Å². The van der Waals surface area contributed by atoms with E-state index >= 15 is 0 Å². The zero-order chi connectivity index (χ0) is 16.8. The Labute approximate surface area is 138 Å². The van der Waals surface area contributed by atoms with Gasteiger partial charge in [0.25, 0.3) is 0 Å². The smallest absolute Gasteiger partial charge is 0.373 e. The predicted molar refractivity (Wildman–Crippen MR) is 90.3 cm³/mol. The standard InChI is InChI=1S/C19H24O.CO2/c1-20-19-15-9-14-18(16-19)13-6-3-2-5-10-17-11-7-4-8-12-17;2-1-3/h4,7-9,11-12,14-16H,2-3,5-6,10,13H2,1H3;. The summed E-state index contributed by atoms with van der Waals surface area (Å²) in [6, 6.07) is 19.2. The van der Waals surface area contributed by atoms with Gasteiger partial charge in [0.15, 0.2) is 0 Å². The number of unbranched alkanes of at least 4 members (excludes halogenated alkanes) is 3. The van der Waals surface area contributed by atoms with Gasteiger partial charge in [-0.15, -0.1) is 0 Å². The number of aryl methyl sites for hydroxylation is 2. The number of ether oxygens (including phenoxy) is 1. The van der Waals surface area contributed by atoms with Crippen molar-refractivity contribution in [3.05, 3.63) is 65.7 Å². The van der Waals surface area contributed by atoms with Gasteiger partial charge in [-0.1, -0.05) is 55.3 Å². The van der Waals surface area contributed by atoms with Crippen molar-refractivity contribution in [2.75, 3.05) is 7.11 Å². The Morgan fingerprint density at radius 3 is 1.96 bits per heavy atom. The van der Waals surface area contributed by atoms with Crippen molar-refractivity contribution < 1.29 is 14.3 Å². The van der Waals surface area contributed by atoms with Gasteiger partial charge in [-0.2, -0.15) is 9.59 Å². The summed E-state index contributed by atoms with van der Waals surface area (Å²) in [4.78, 5) is 16.2. The van der Waals surface area contributed by atoms with E-state index in [1.165, 1.54) is 43.2 Å². The summed E-state index contributed by atoms with van der Waals surface area (Å²) < 4.78 is 5.25. The zero-order valence-electron chi connectivity index (χ0n) is 13.7. The van der Waals surface area contributed by atoms with E-state index in [2.05, 4.69) is 48.5 Å². The Morgan fingerprint density at radius 2 is 1.35 bits per heavy atom. The van der Waals surface area contributed by atoms with E-state index < -0.39 is 0 Å². The molecule has 0 bridgehead atoms. The zero-order valence-corrected chi connectivity index (χ0v) is 13.7. The Bertz CT molecular complexity index is 572. The fourth-order valence-corrected chi connectivity index (χ4v) is 2.48. The molecule has 2 rings (SSSR count). The van der Waals surface area contributed by atoms with Crippen LogP contribution in [0.3, 0.4) is 0 Å². The number of rotatable bonds is 8. The highest BCUT2D eigenvalue weighted by Gasteiger charge is 1.97. The second-order valence-corrected chi connectivity index (χ2v) is 5.33. The van der Waals surface area contributed by atoms with Crippen LogP contribution in [0.1, 0.15) is 36.8 Å². The van der Waals surface area contributed by atoms with Gasteiger partial charge in [0.2, 0.25) is 0 Å². The Hall–Kier alpha value is -2.38. The fraction of sp³-hybridized carbons (Fsp3) is 0.350. The van der Waals surface area contributed by atoms with Crippen molar-refractivity contribution >= 4 is 6.15 Å². The molecule has 0 saturated carbocycles. The quantitative estimate of drug-likeness (QED) is 0.676. The minimum atomic E-state index is 0.250. The van der Waals surface area contributed by atoms with Gasteiger partial charge in [0.05, 0.1) is 7.11 Å². The highest BCUT2D eigenvalue weighted by Crippen LogP contribution is 2.15. The monoisotopic (exact) mass is 312 g/mol. The summed E-state index contributed by atoms with van der Waals surface area (Å²) in [5, 5.41) is 0. The summed E-state index contributed by atoms with van der Waals surface area (Å²) in [7, 11) is 1.72. The first-order valence-electron chi connectivity index (χ1n) is 7.96. The largest absolute Gasteiger partial charge is 0.497 e. The lowest BCUT2D eigenvalue weighted by Gasteiger charge is -2.05. The van der Waals surface area contributed by atoms with Gasteiger partial charge in [0, 0.05) is 0 Å². The molecule has 0 aliphatic carbocycles. The first-order valence-corrected chi connectivity index (χ1v) is 7.96. The average Bonchev–Trinajstić information content (AvgIpc) is 2.60. The second-order valence-electron chi connectivity index (χ2n) is 5.33. The molecule has 3 nitrogen and oxygen atoms in total. The molecule has 0 amide bonds. The summed E-state index contributed by atoms with van der Waals surface area (Å²) in [5.74, 6) is 0.964. The third kappa shape index (κ3) is 8.60. The molecule has 0 aliphatic rings. The number of benzene rings is 2. The number of hydrogen-bond donors (Lipinski definition) is 0. The molecule has 3 heteroatoms. The lowest BCUT2D eigenvalue weighted by atomic mass is 10.0. The minimum absolute atomic E-state index is 0.250. The van der Waals surface area contributed by atoms with Crippen LogP contribution in [0.4, 0.5) is 0 Å². The second kappa shape index (κ2) is 12.2. The fourth-order valence-electron chi connectivity index (χ4n) is 2.48. The Balaban J connectivity index is 0.000000816. The molecule has 0 spiro atoms. The van der Waals surface area contributed by atoms with E-state index in [1.807, 2.05) is 6.07 Å². The lowest BCUT2D eigenvalue weighted by Crippen LogP contribution is -1.89. The maximum atomic E-state index is 8.12. The molecule has 0 aliphatic heterocycles. The van der Waals surface area contributed by atoms with Crippen LogP contribution in [0, 0.1) is 0 Å². The minimum Gasteiger partial charge on any atom is -0.497 e. The summed E-state index contributed by atoms with van der Waals surface area (Å²) in [6.07, 6.45) is 7.80. The summed E-state index contributed by atoms with van der Waals surface area (Å²) in [5.41, 5.74) is 2.84. The number of methoxy groups -OCH3 is 1. The first kappa shape index (κ1) is 18.7. The summed E-state index contributed by atoms with van der Waals surface area (Å²) >= 11 is 0. The topological polar surface area (TPSA) is 43.4 Å². The molecule has 0 aromatic heterocycles. The maximum absolute atomic E-state index is 8.12. The molecule has 0 unspecified atom stereocenters. The molecule has 0 N–H and O–H groups in total. The van der Waals surface area contributed by atoms with Crippen molar-refractivity contribution in [3.63, 3.8) is 0 Å². The van der Waals surface area contributed by atoms with Crippen molar-refractivity contribution in [1.29, 1.82) is 0 Å². The van der Waals surface area contributed by atoms with Gasteiger partial charge < -0.3 is 4.74 Å². The third-order valence-electron chi connectivity index (χ3n) is 3.66. The summed E-state index contributed by atoms with van der Waals surface area (Å²) in [6.45, 7) is 0. The van der Waals surface area contributed by atoms with Crippen molar-refractivity contribution in [3.8, 4) is 5.75 Å². The van der Waals surface area contributed by atoms with E-state index in [1.54, 1.807) is 7.11 Å².